The van der Waals surface area contributed by atoms with Gasteiger partial charge in [-0.15, -0.1) is 0 Å². The molecular formula is C21H28N4O3. The fourth-order valence-electron chi connectivity index (χ4n) is 3.40. The monoisotopic (exact) mass is 384 g/mol. The van der Waals surface area contributed by atoms with Crippen molar-refractivity contribution in [3.05, 3.63) is 41.0 Å². The highest BCUT2D eigenvalue weighted by Crippen LogP contribution is 2.29. The fourth-order valence-corrected chi connectivity index (χ4v) is 3.40. The molecule has 150 valence electrons. The zero-order chi connectivity index (χ0) is 19.5. The summed E-state index contributed by atoms with van der Waals surface area (Å²) in [7, 11) is 0. The van der Waals surface area contributed by atoms with Gasteiger partial charge >= 0.3 is 6.03 Å². The summed E-state index contributed by atoms with van der Waals surface area (Å²) in [6.07, 6.45) is 4.09. The Kier molecular flexibility index (Phi) is 5.62. The van der Waals surface area contributed by atoms with Gasteiger partial charge in [0, 0.05) is 31.8 Å². The summed E-state index contributed by atoms with van der Waals surface area (Å²) in [6.45, 7) is 6.85. The molecule has 7 nitrogen and oxygen atoms in total. The Bertz CT molecular complexity index is 831. The molecule has 2 fully saturated rings. The van der Waals surface area contributed by atoms with E-state index in [4.69, 9.17) is 9.26 Å². The molecule has 1 saturated heterocycles. The van der Waals surface area contributed by atoms with Crippen molar-refractivity contribution in [2.24, 2.45) is 5.92 Å². The minimum absolute atomic E-state index is 0.0843. The minimum Gasteiger partial charge on any atom is -0.381 e. The van der Waals surface area contributed by atoms with E-state index in [0.29, 0.717) is 37.8 Å². The van der Waals surface area contributed by atoms with Crippen LogP contribution >= 0.6 is 0 Å². The van der Waals surface area contributed by atoms with Crippen LogP contribution in [0.25, 0.3) is 0 Å². The van der Waals surface area contributed by atoms with Gasteiger partial charge in [-0.25, -0.2) is 4.79 Å². The molecule has 0 bridgehead atoms. The molecule has 4 rings (SSSR count). The first-order chi connectivity index (χ1) is 13.6. The second-order valence-corrected chi connectivity index (χ2v) is 7.98. The molecule has 28 heavy (non-hydrogen) atoms. The first-order valence-corrected chi connectivity index (χ1v) is 10.1. The number of likely N-dealkylation sites (tertiary alicyclic amines) is 1. The zero-order valence-corrected chi connectivity index (χ0v) is 16.6. The Balaban J connectivity index is 1.26. The van der Waals surface area contributed by atoms with Gasteiger partial charge in [-0.2, -0.15) is 4.98 Å². The quantitative estimate of drug-likeness (QED) is 0.737. The van der Waals surface area contributed by atoms with Crippen LogP contribution in [0.4, 0.5) is 10.5 Å². The number of hydrogen-bond acceptors (Lipinski definition) is 5. The molecule has 0 radical (unpaired) electrons. The average Bonchev–Trinajstić information content (AvgIpc) is 3.17. The van der Waals surface area contributed by atoms with E-state index in [1.54, 1.807) is 0 Å². The van der Waals surface area contributed by atoms with Crippen LogP contribution in [-0.2, 0) is 11.2 Å². The molecule has 1 aliphatic carbocycles. The van der Waals surface area contributed by atoms with Crippen molar-refractivity contribution in [3.63, 3.8) is 0 Å². The van der Waals surface area contributed by atoms with Crippen LogP contribution in [0.3, 0.4) is 0 Å². The van der Waals surface area contributed by atoms with E-state index in [2.05, 4.69) is 22.4 Å². The second kappa shape index (κ2) is 8.31. The molecule has 0 spiro atoms. The van der Waals surface area contributed by atoms with Crippen LogP contribution in [0, 0.1) is 19.8 Å². The molecule has 2 heterocycles. The molecule has 1 aliphatic heterocycles. The highest BCUT2D eigenvalue weighted by Gasteiger charge is 2.31. The van der Waals surface area contributed by atoms with Crippen LogP contribution in [0.5, 0.6) is 0 Å². The molecule has 1 aromatic carbocycles. The first kappa shape index (κ1) is 18.9. The maximum Gasteiger partial charge on any atom is 0.321 e. The number of amides is 2. The first-order valence-electron chi connectivity index (χ1n) is 10.1. The topological polar surface area (TPSA) is 80.5 Å². The van der Waals surface area contributed by atoms with Gasteiger partial charge in [0.2, 0.25) is 5.89 Å². The molecule has 1 N–H and O–H groups in total. The summed E-state index contributed by atoms with van der Waals surface area (Å²) in [6, 6.07) is 5.87. The smallest absolute Gasteiger partial charge is 0.321 e. The Morgan fingerprint density at radius 3 is 2.93 bits per heavy atom. The summed E-state index contributed by atoms with van der Waals surface area (Å²) >= 11 is 0. The molecule has 1 unspecified atom stereocenters. The van der Waals surface area contributed by atoms with Crippen molar-refractivity contribution in [2.75, 3.05) is 31.6 Å². The van der Waals surface area contributed by atoms with Crippen molar-refractivity contribution >= 4 is 11.7 Å². The maximum absolute atomic E-state index is 12.6. The molecular weight excluding hydrogens is 356 g/mol. The predicted octanol–water partition coefficient (Wildman–Crippen LogP) is 3.68. The number of anilines is 1. The Morgan fingerprint density at radius 2 is 2.14 bits per heavy atom. The fraction of sp³-hybridized carbons (Fsp3) is 0.571. The number of aromatic nitrogens is 2. The molecule has 1 atom stereocenters. The molecule has 2 amide bonds. The maximum atomic E-state index is 12.6. The third kappa shape index (κ3) is 4.70. The third-order valence-electron chi connectivity index (χ3n) is 5.59. The summed E-state index contributed by atoms with van der Waals surface area (Å²) in [5, 5.41) is 7.04. The number of nitrogens with one attached hydrogen (secondary N) is 1. The van der Waals surface area contributed by atoms with Crippen molar-refractivity contribution in [2.45, 2.75) is 45.4 Å². The standard InChI is InChI=1S/C21H28N4O3/c1-14-3-6-18(11-15(14)2)22-21(26)25-9-7-17(12-25)20-23-19(24-28-20)8-10-27-13-16-4-5-16/h3,6,11,16-17H,4-5,7-10,12-13H2,1-2H3,(H,22,26). The Morgan fingerprint density at radius 1 is 1.29 bits per heavy atom. The Labute approximate surface area is 165 Å². The number of carbonyl (C=O) groups excluding carboxylic acids is 1. The van der Waals surface area contributed by atoms with Crippen LogP contribution < -0.4 is 5.32 Å². The van der Waals surface area contributed by atoms with E-state index in [1.165, 1.54) is 18.4 Å². The number of rotatable bonds is 7. The molecule has 2 aromatic rings. The van der Waals surface area contributed by atoms with Crippen LogP contribution in [0.15, 0.2) is 22.7 Å². The number of urea groups is 1. The number of benzene rings is 1. The van der Waals surface area contributed by atoms with Gasteiger partial charge in [-0.05, 0) is 62.3 Å². The van der Waals surface area contributed by atoms with Gasteiger partial charge in [-0.1, -0.05) is 11.2 Å². The van der Waals surface area contributed by atoms with E-state index in [1.807, 2.05) is 30.0 Å². The number of aryl methyl sites for hydroxylation is 2. The summed E-state index contributed by atoms with van der Waals surface area (Å²) < 4.78 is 11.1. The lowest BCUT2D eigenvalue weighted by Gasteiger charge is -2.17. The van der Waals surface area contributed by atoms with Gasteiger partial charge in [0.05, 0.1) is 12.5 Å². The van der Waals surface area contributed by atoms with Crippen molar-refractivity contribution < 1.29 is 14.1 Å². The zero-order valence-electron chi connectivity index (χ0n) is 16.6. The lowest BCUT2D eigenvalue weighted by Crippen LogP contribution is -2.32. The van der Waals surface area contributed by atoms with Crippen LogP contribution in [0.1, 0.15) is 48.0 Å². The third-order valence-corrected chi connectivity index (χ3v) is 5.59. The SMILES string of the molecule is Cc1ccc(NC(=O)N2CCC(c3nc(CCOCC4CC4)no3)C2)cc1C. The molecule has 1 aromatic heterocycles. The van der Waals surface area contributed by atoms with Gasteiger partial charge < -0.3 is 19.5 Å². The number of ether oxygens (including phenoxy) is 1. The average molecular weight is 384 g/mol. The van der Waals surface area contributed by atoms with Gasteiger partial charge in [0.15, 0.2) is 5.82 Å². The van der Waals surface area contributed by atoms with Gasteiger partial charge in [0.25, 0.3) is 0 Å². The van der Waals surface area contributed by atoms with E-state index in [0.717, 1.165) is 30.2 Å². The lowest BCUT2D eigenvalue weighted by molar-refractivity contribution is 0.125. The number of nitrogens with zero attached hydrogens (tertiary/aromatic N) is 3. The van der Waals surface area contributed by atoms with E-state index >= 15 is 0 Å². The molecule has 7 heteroatoms. The largest absolute Gasteiger partial charge is 0.381 e. The van der Waals surface area contributed by atoms with E-state index in [9.17, 15) is 4.79 Å². The van der Waals surface area contributed by atoms with Crippen LogP contribution in [-0.4, -0.2) is 47.4 Å². The summed E-state index contributed by atoms with van der Waals surface area (Å²) in [4.78, 5) is 18.9. The van der Waals surface area contributed by atoms with Crippen LogP contribution in [0.2, 0.25) is 0 Å². The predicted molar refractivity (Wildman–Crippen MR) is 105 cm³/mol. The van der Waals surface area contributed by atoms with E-state index in [-0.39, 0.29) is 11.9 Å². The highest BCUT2D eigenvalue weighted by molar-refractivity contribution is 5.89. The minimum atomic E-state index is -0.0843. The summed E-state index contributed by atoms with van der Waals surface area (Å²) in [5.41, 5.74) is 3.20. The number of carbonyl (C=O) groups is 1. The number of hydrogen-bond donors (Lipinski definition) is 1. The normalized spacial score (nSPS) is 19.2. The summed E-state index contributed by atoms with van der Waals surface area (Å²) in [5.74, 6) is 2.17. The molecule has 2 aliphatic rings. The van der Waals surface area contributed by atoms with Gasteiger partial charge in [-0.3, -0.25) is 0 Å². The van der Waals surface area contributed by atoms with Crippen molar-refractivity contribution in [3.8, 4) is 0 Å². The second-order valence-electron chi connectivity index (χ2n) is 7.98. The van der Waals surface area contributed by atoms with Crippen molar-refractivity contribution in [1.82, 2.24) is 15.0 Å². The van der Waals surface area contributed by atoms with E-state index < -0.39 is 0 Å². The lowest BCUT2D eigenvalue weighted by atomic mass is 10.1. The highest BCUT2D eigenvalue weighted by atomic mass is 16.5. The van der Waals surface area contributed by atoms with Crippen molar-refractivity contribution in [1.29, 1.82) is 0 Å². The van der Waals surface area contributed by atoms with Gasteiger partial charge in [0.1, 0.15) is 0 Å². The molecule has 1 saturated carbocycles. The Hall–Kier alpha value is -2.41.